The molecule has 0 saturated heterocycles. The Balaban J connectivity index is 0.000000352. The maximum Gasteiger partial charge on any atom is 2.00 e. The number of hydrogen-bond acceptors (Lipinski definition) is 3. The topological polar surface area (TPSA) is 43.6 Å². The molecule has 0 N–H and O–H groups in total. The number of rotatable bonds is 5. The van der Waals surface area contributed by atoms with Crippen molar-refractivity contribution in [2.45, 2.75) is 19.4 Å². The molecule has 0 atom stereocenters. The second-order valence-electron chi connectivity index (χ2n) is 6.61. The van der Waals surface area contributed by atoms with Gasteiger partial charge in [-0.1, -0.05) is 30.3 Å². The predicted octanol–water partition coefficient (Wildman–Crippen LogP) is 4.23. The molecule has 3 aromatic rings. The van der Waals surface area contributed by atoms with E-state index in [4.69, 9.17) is 0 Å². The van der Waals surface area contributed by atoms with Crippen molar-refractivity contribution in [3.63, 3.8) is 0 Å². The maximum absolute atomic E-state index is 4.55. The Bertz CT molecular complexity index is 844. The molecule has 29 heavy (non-hydrogen) atoms. The minimum Gasteiger partial charge on any atom is -0.311 e. The molecule has 0 amide bonds. The smallest absolute Gasteiger partial charge is 0.311 e. The Kier molecular flexibility index (Phi) is 8.69. The van der Waals surface area contributed by atoms with Gasteiger partial charge in [-0.05, 0) is 82.1 Å². The fourth-order valence-electron chi connectivity index (χ4n) is 3.17. The van der Waals surface area contributed by atoms with E-state index in [9.17, 15) is 0 Å². The van der Waals surface area contributed by atoms with Crippen LogP contribution in [-0.2, 0) is 30.0 Å². The molecule has 2 heterocycles. The molecular formula is C24H22FeN4+2. The fraction of sp³-hybridized carbons (Fsp3) is 0.125. The molecule has 0 bridgehead atoms. The molecule has 1 aromatic carbocycles. The van der Waals surface area contributed by atoms with Crippen LogP contribution in [0.4, 0.5) is 0 Å². The summed E-state index contributed by atoms with van der Waals surface area (Å²) in [6.07, 6.45) is 23.8. The van der Waals surface area contributed by atoms with Crippen LogP contribution in [0, 0.1) is 63.7 Å². The zero-order valence-electron chi connectivity index (χ0n) is 16.0. The third-order valence-corrected chi connectivity index (χ3v) is 4.61. The first-order valence-electron chi connectivity index (χ1n) is 9.46. The summed E-state index contributed by atoms with van der Waals surface area (Å²) in [6, 6.07) is 10.4. The summed E-state index contributed by atoms with van der Waals surface area (Å²) in [6.45, 7) is 0.774. The van der Waals surface area contributed by atoms with Gasteiger partial charge < -0.3 is 4.57 Å². The van der Waals surface area contributed by atoms with Gasteiger partial charge in [0.05, 0.1) is 18.6 Å². The normalized spacial score (nSPS) is 16.4. The fourth-order valence-corrected chi connectivity index (χ4v) is 3.17. The molecule has 0 spiro atoms. The minimum atomic E-state index is 0. The van der Waals surface area contributed by atoms with Gasteiger partial charge in [0, 0.05) is 0 Å². The van der Waals surface area contributed by atoms with E-state index < -0.39 is 0 Å². The first kappa shape index (κ1) is 22.0. The maximum atomic E-state index is 4.55. The first-order valence-corrected chi connectivity index (χ1v) is 9.46. The van der Waals surface area contributed by atoms with Gasteiger partial charge in [-0.3, -0.25) is 0 Å². The summed E-state index contributed by atoms with van der Waals surface area (Å²) in [5, 5.41) is 0. The van der Waals surface area contributed by atoms with Crippen molar-refractivity contribution < 1.29 is 17.1 Å². The number of nitrogens with zero attached hydrogens (tertiary/aromatic N) is 4. The van der Waals surface area contributed by atoms with Crippen molar-refractivity contribution in [3.8, 4) is 0 Å². The van der Waals surface area contributed by atoms with Gasteiger partial charge in [-0.2, -0.15) is 0 Å². The van der Waals surface area contributed by atoms with Crippen molar-refractivity contribution >= 4 is 11.2 Å². The molecule has 2 saturated carbocycles. The predicted molar refractivity (Wildman–Crippen MR) is 111 cm³/mol. The summed E-state index contributed by atoms with van der Waals surface area (Å²) < 4.78 is 2.08. The molecular weight excluding hydrogens is 400 g/mol. The molecule has 2 aliphatic rings. The van der Waals surface area contributed by atoms with Gasteiger partial charge >= 0.3 is 17.1 Å². The van der Waals surface area contributed by atoms with Crippen molar-refractivity contribution in [2.75, 3.05) is 0 Å². The average Bonchev–Trinajstić information content (AvgIpc) is 3.51. The third kappa shape index (κ3) is 6.13. The van der Waals surface area contributed by atoms with E-state index in [0.717, 1.165) is 36.2 Å². The molecule has 2 fully saturated rings. The molecule has 5 heteroatoms. The molecule has 5 rings (SSSR count). The third-order valence-electron chi connectivity index (χ3n) is 4.61. The molecule has 10 radical (unpaired) electrons. The van der Waals surface area contributed by atoms with Crippen molar-refractivity contribution in [3.05, 3.63) is 118 Å². The van der Waals surface area contributed by atoms with Crippen LogP contribution in [-0.4, -0.2) is 19.5 Å². The van der Waals surface area contributed by atoms with Crippen LogP contribution in [0.25, 0.3) is 11.2 Å². The van der Waals surface area contributed by atoms with Crippen LogP contribution in [0.3, 0.4) is 0 Å². The minimum absolute atomic E-state index is 0. The van der Waals surface area contributed by atoms with Gasteiger partial charge in [0.1, 0.15) is 11.8 Å². The van der Waals surface area contributed by atoms with E-state index in [-0.39, 0.29) is 17.1 Å². The van der Waals surface area contributed by atoms with Crippen LogP contribution < -0.4 is 0 Å². The molecule has 4 nitrogen and oxygen atoms in total. The largest absolute Gasteiger partial charge is 2.00 e. The average molecular weight is 422 g/mol. The first-order chi connectivity index (χ1) is 13.9. The summed E-state index contributed by atoms with van der Waals surface area (Å²) in [5.41, 5.74) is 4.07. The Labute approximate surface area is 185 Å². The zero-order chi connectivity index (χ0) is 19.0. The Morgan fingerprint density at radius 2 is 1.41 bits per heavy atom. The van der Waals surface area contributed by atoms with E-state index in [1.165, 1.54) is 11.5 Å². The molecule has 0 aliphatic heterocycles. The van der Waals surface area contributed by atoms with Gasteiger partial charge in [-0.25, -0.2) is 15.0 Å². The second-order valence-corrected chi connectivity index (χ2v) is 6.61. The van der Waals surface area contributed by atoms with Crippen molar-refractivity contribution in [2.24, 2.45) is 0 Å². The number of aromatic nitrogens is 4. The summed E-state index contributed by atoms with van der Waals surface area (Å²) in [7, 11) is 0. The monoisotopic (exact) mass is 422 g/mol. The van der Waals surface area contributed by atoms with E-state index in [0.29, 0.717) is 0 Å². The van der Waals surface area contributed by atoms with E-state index in [1.807, 2.05) is 44.5 Å². The van der Waals surface area contributed by atoms with Gasteiger partial charge in [0.15, 0.2) is 5.65 Å². The molecule has 0 unspecified atom stereocenters. The summed E-state index contributed by atoms with van der Waals surface area (Å²) >= 11 is 0. The van der Waals surface area contributed by atoms with Crippen LogP contribution in [0.2, 0.25) is 0 Å². The van der Waals surface area contributed by atoms with Crippen molar-refractivity contribution in [1.29, 1.82) is 0 Å². The quantitative estimate of drug-likeness (QED) is 0.578. The Hall–Kier alpha value is -1.71. The second kappa shape index (κ2) is 11.5. The number of benzene rings is 1. The molecule has 144 valence electrons. The Morgan fingerprint density at radius 3 is 2.10 bits per heavy atom. The molecule has 2 aromatic heterocycles. The summed E-state index contributed by atoms with van der Waals surface area (Å²) in [5.74, 6) is 1.33. The van der Waals surface area contributed by atoms with Gasteiger partial charge in [0.2, 0.25) is 0 Å². The number of aryl methyl sites for hydroxylation is 1. The van der Waals surface area contributed by atoms with Crippen LogP contribution in [0.15, 0.2) is 43.0 Å². The van der Waals surface area contributed by atoms with E-state index in [1.54, 1.807) is 6.33 Å². The van der Waals surface area contributed by atoms with Gasteiger partial charge in [0.25, 0.3) is 0 Å². The number of imidazole rings is 1. The Morgan fingerprint density at radius 1 is 0.724 bits per heavy atom. The van der Waals surface area contributed by atoms with Crippen molar-refractivity contribution in [1.82, 2.24) is 19.5 Å². The van der Waals surface area contributed by atoms with Crippen LogP contribution >= 0.6 is 0 Å². The van der Waals surface area contributed by atoms with E-state index >= 15 is 0 Å². The van der Waals surface area contributed by atoms with Crippen LogP contribution in [0.1, 0.15) is 17.7 Å². The SMILES string of the molecule is [CH]1[CH][CH][CH][CH]1.[CH]1[CH][CH][C](CCc2ncnc3c2ncn3Cc2ccccc2)[CH]1.[Fe+2]. The summed E-state index contributed by atoms with van der Waals surface area (Å²) in [4.78, 5) is 13.4. The van der Waals surface area contributed by atoms with Crippen LogP contribution in [0.5, 0.6) is 0 Å². The van der Waals surface area contributed by atoms with E-state index in [2.05, 4.69) is 69.5 Å². The molecule has 2 aliphatic carbocycles. The standard InChI is InChI=1S/C19H17N4.C5H5.Fe/c1-2-8-16(9-3-1)12-23-14-22-18-17(20-13-21-19(18)23)11-10-15-6-4-5-7-15;1-2-4-5-3-1;/h1-9,13-14H,10-12H2;1-5H;/q;;+2. The zero-order valence-corrected chi connectivity index (χ0v) is 17.1. The number of hydrogen-bond donors (Lipinski definition) is 0. The number of fused-ring (bicyclic) bond motifs is 1. The van der Waals surface area contributed by atoms with Gasteiger partial charge in [-0.15, -0.1) is 0 Å².